The van der Waals surface area contributed by atoms with Crippen molar-refractivity contribution in [2.24, 2.45) is 0 Å². The summed E-state index contributed by atoms with van der Waals surface area (Å²) in [4.78, 5) is 2.68. The van der Waals surface area contributed by atoms with Gasteiger partial charge < -0.3 is 5.32 Å². The van der Waals surface area contributed by atoms with Gasteiger partial charge in [-0.1, -0.05) is 24.6 Å². The SMILES string of the molecule is CNCC1CCCCN1Cc1ccc2c(c1)CCC2. The zero-order valence-corrected chi connectivity index (χ0v) is 12.1. The van der Waals surface area contributed by atoms with Gasteiger partial charge in [0, 0.05) is 19.1 Å². The second-order valence-electron chi connectivity index (χ2n) is 6.13. The molecular weight excluding hydrogens is 232 g/mol. The van der Waals surface area contributed by atoms with Crippen LogP contribution >= 0.6 is 0 Å². The van der Waals surface area contributed by atoms with Gasteiger partial charge in [0.2, 0.25) is 0 Å². The Labute approximate surface area is 117 Å². The molecule has 0 bridgehead atoms. The quantitative estimate of drug-likeness (QED) is 0.893. The van der Waals surface area contributed by atoms with Gasteiger partial charge in [-0.3, -0.25) is 4.90 Å². The molecule has 0 saturated carbocycles. The summed E-state index contributed by atoms with van der Waals surface area (Å²) in [5.74, 6) is 0. The fourth-order valence-corrected chi connectivity index (χ4v) is 3.69. The number of rotatable bonds is 4. The Kier molecular flexibility index (Phi) is 4.19. The van der Waals surface area contributed by atoms with Crippen molar-refractivity contribution in [2.45, 2.75) is 51.1 Å². The molecule has 3 rings (SSSR count). The average molecular weight is 258 g/mol. The highest BCUT2D eigenvalue weighted by molar-refractivity contribution is 5.35. The minimum absolute atomic E-state index is 0.729. The van der Waals surface area contributed by atoms with Crippen LogP contribution in [0.4, 0.5) is 0 Å². The van der Waals surface area contributed by atoms with Crippen LogP contribution in [0.2, 0.25) is 0 Å². The third-order valence-electron chi connectivity index (χ3n) is 4.74. The molecule has 0 aromatic heterocycles. The molecule has 1 N–H and O–H groups in total. The Bertz CT molecular complexity index is 425. The van der Waals surface area contributed by atoms with E-state index in [9.17, 15) is 0 Å². The number of hydrogen-bond acceptors (Lipinski definition) is 2. The first-order chi connectivity index (χ1) is 9.36. The second-order valence-corrected chi connectivity index (χ2v) is 6.13. The fourth-order valence-electron chi connectivity index (χ4n) is 3.69. The van der Waals surface area contributed by atoms with E-state index in [4.69, 9.17) is 0 Å². The van der Waals surface area contributed by atoms with E-state index in [0.717, 1.165) is 19.1 Å². The highest BCUT2D eigenvalue weighted by Gasteiger charge is 2.22. The molecule has 1 saturated heterocycles. The standard InChI is InChI=1S/C17H26N2/c1-18-12-17-7-2-3-10-19(17)13-14-8-9-15-5-4-6-16(15)11-14/h8-9,11,17-18H,2-7,10,12-13H2,1H3. The zero-order chi connectivity index (χ0) is 13.1. The van der Waals surface area contributed by atoms with Crippen molar-refractivity contribution >= 4 is 0 Å². The average Bonchev–Trinajstić information content (AvgIpc) is 2.89. The number of nitrogens with zero attached hydrogens (tertiary/aromatic N) is 1. The van der Waals surface area contributed by atoms with Crippen LogP contribution in [-0.2, 0) is 19.4 Å². The second kappa shape index (κ2) is 6.06. The number of likely N-dealkylation sites (tertiary alicyclic amines) is 1. The van der Waals surface area contributed by atoms with E-state index >= 15 is 0 Å². The number of fused-ring (bicyclic) bond motifs is 1. The highest BCUT2D eigenvalue weighted by atomic mass is 15.2. The highest BCUT2D eigenvalue weighted by Crippen LogP contribution is 2.25. The summed E-state index contributed by atoms with van der Waals surface area (Å²) >= 11 is 0. The first-order valence-corrected chi connectivity index (χ1v) is 7.86. The van der Waals surface area contributed by atoms with Gasteiger partial charge in [-0.2, -0.15) is 0 Å². The summed E-state index contributed by atoms with van der Waals surface area (Å²) in [7, 11) is 2.07. The molecule has 1 unspecified atom stereocenters. The molecule has 1 aromatic rings. The molecule has 19 heavy (non-hydrogen) atoms. The van der Waals surface area contributed by atoms with Crippen LogP contribution in [0.5, 0.6) is 0 Å². The molecule has 104 valence electrons. The predicted octanol–water partition coefficient (Wildman–Crippen LogP) is 2.75. The van der Waals surface area contributed by atoms with Crippen molar-refractivity contribution in [3.63, 3.8) is 0 Å². The van der Waals surface area contributed by atoms with Gasteiger partial charge in [0.05, 0.1) is 0 Å². The molecule has 0 spiro atoms. The first kappa shape index (κ1) is 13.1. The van der Waals surface area contributed by atoms with Crippen molar-refractivity contribution < 1.29 is 0 Å². The van der Waals surface area contributed by atoms with Gasteiger partial charge in [-0.05, 0) is 62.4 Å². The molecule has 1 aliphatic heterocycles. The maximum absolute atomic E-state index is 3.35. The summed E-state index contributed by atoms with van der Waals surface area (Å²) in [6.45, 7) is 3.54. The van der Waals surface area contributed by atoms with E-state index in [0.29, 0.717) is 0 Å². The summed E-state index contributed by atoms with van der Waals surface area (Å²) in [6, 6.07) is 7.92. The van der Waals surface area contributed by atoms with Gasteiger partial charge >= 0.3 is 0 Å². The molecule has 1 fully saturated rings. The van der Waals surface area contributed by atoms with Gasteiger partial charge in [0.25, 0.3) is 0 Å². The van der Waals surface area contributed by atoms with Crippen molar-refractivity contribution in [2.75, 3.05) is 20.1 Å². The molecule has 2 nitrogen and oxygen atoms in total. The number of piperidine rings is 1. The number of hydrogen-bond donors (Lipinski definition) is 1. The lowest BCUT2D eigenvalue weighted by molar-refractivity contribution is 0.139. The lowest BCUT2D eigenvalue weighted by Crippen LogP contribution is -2.44. The van der Waals surface area contributed by atoms with Crippen LogP contribution in [0.25, 0.3) is 0 Å². The minimum Gasteiger partial charge on any atom is -0.318 e. The molecule has 1 aliphatic carbocycles. The Balaban J connectivity index is 1.69. The normalized spacial score (nSPS) is 23.5. The number of likely N-dealkylation sites (N-methyl/N-ethyl adjacent to an activating group) is 1. The topological polar surface area (TPSA) is 15.3 Å². The molecular formula is C17H26N2. The Hall–Kier alpha value is -0.860. The van der Waals surface area contributed by atoms with E-state index in [-0.39, 0.29) is 0 Å². The van der Waals surface area contributed by atoms with E-state index in [1.54, 1.807) is 11.1 Å². The van der Waals surface area contributed by atoms with E-state index in [1.165, 1.54) is 50.6 Å². The van der Waals surface area contributed by atoms with Crippen LogP contribution in [-0.4, -0.2) is 31.1 Å². The number of nitrogens with one attached hydrogen (secondary N) is 1. The van der Waals surface area contributed by atoms with Crippen molar-refractivity contribution in [1.29, 1.82) is 0 Å². The van der Waals surface area contributed by atoms with E-state index in [2.05, 4.69) is 35.5 Å². The van der Waals surface area contributed by atoms with E-state index < -0.39 is 0 Å². The van der Waals surface area contributed by atoms with Gasteiger partial charge in [-0.15, -0.1) is 0 Å². The van der Waals surface area contributed by atoms with Crippen molar-refractivity contribution in [3.05, 3.63) is 34.9 Å². The molecule has 0 radical (unpaired) electrons. The van der Waals surface area contributed by atoms with Crippen LogP contribution in [0, 0.1) is 0 Å². The largest absolute Gasteiger partial charge is 0.318 e. The molecule has 2 heteroatoms. The third kappa shape index (κ3) is 3.01. The summed E-state index contributed by atoms with van der Waals surface area (Å²) in [5.41, 5.74) is 4.72. The summed E-state index contributed by atoms with van der Waals surface area (Å²) in [5, 5.41) is 3.35. The zero-order valence-electron chi connectivity index (χ0n) is 12.1. The molecule has 0 amide bonds. The van der Waals surface area contributed by atoms with Gasteiger partial charge in [0.15, 0.2) is 0 Å². The maximum atomic E-state index is 3.35. The lowest BCUT2D eigenvalue weighted by atomic mass is 10.00. The third-order valence-corrected chi connectivity index (χ3v) is 4.74. The van der Waals surface area contributed by atoms with Gasteiger partial charge in [0.1, 0.15) is 0 Å². The van der Waals surface area contributed by atoms with Crippen LogP contribution in [0.3, 0.4) is 0 Å². The molecule has 1 atom stereocenters. The smallest absolute Gasteiger partial charge is 0.0237 e. The molecule has 1 heterocycles. The fraction of sp³-hybridized carbons (Fsp3) is 0.647. The Morgan fingerprint density at radius 1 is 1.16 bits per heavy atom. The van der Waals surface area contributed by atoms with Crippen molar-refractivity contribution in [3.8, 4) is 0 Å². The van der Waals surface area contributed by atoms with E-state index in [1.807, 2.05) is 0 Å². The van der Waals surface area contributed by atoms with Crippen LogP contribution in [0.15, 0.2) is 18.2 Å². The van der Waals surface area contributed by atoms with Crippen LogP contribution < -0.4 is 5.32 Å². The number of benzene rings is 1. The monoisotopic (exact) mass is 258 g/mol. The minimum atomic E-state index is 0.729. The van der Waals surface area contributed by atoms with Crippen molar-refractivity contribution in [1.82, 2.24) is 10.2 Å². The summed E-state index contributed by atoms with van der Waals surface area (Å²) in [6.07, 6.45) is 8.06. The lowest BCUT2D eigenvalue weighted by Gasteiger charge is -2.35. The molecule has 1 aromatic carbocycles. The van der Waals surface area contributed by atoms with Gasteiger partial charge in [-0.25, -0.2) is 0 Å². The van der Waals surface area contributed by atoms with Crippen LogP contribution in [0.1, 0.15) is 42.4 Å². The molecule has 2 aliphatic rings. The Morgan fingerprint density at radius 2 is 2.05 bits per heavy atom. The predicted molar refractivity (Wildman–Crippen MR) is 80.4 cm³/mol. The Morgan fingerprint density at radius 3 is 2.95 bits per heavy atom. The first-order valence-electron chi connectivity index (χ1n) is 7.86. The number of aryl methyl sites for hydroxylation is 2. The summed E-state index contributed by atoms with van der Waals surface area (Å²) < 4.78 is 0. The maximum Gasteiger partial charge on any atom is 0.0237 e.